The van der Waals surface area contributed by atoms with Crippen LogP contribution in [0.15, 0.2) is 47.5 Å². The first-order valence-corrected chi connectivity index (χ1v) is 11.0. The van der Waals surface area contributed by atoms with E-state index in [2.05, 4.69) is 9.97 Å². The van der Waals surface area contributed by atoms with Crippen LogP contribution < -0.4 is 10.3 Å². The summed E-state index contributed by atoms with van der Waals surface area (Å²) in [5, 5.41) is 0. The van der Waals surface area contributed by atoms with Gasteiger partial charge >= 0.3 is 0 Å². The van der Waals surface area contributed by atoms with E-state index in [4.69, 9.17) is 4.74 Å². The lowest BCUT2D eigenvalue weighted by molar-refractivity contribution is 0.0594. The van der Waals surface area contributed by atoms with Gasteiger partial charge in [-0.2, -0.15) is 0 Å². The number of piperidine rings is 1. The van der Waals surface area contributed by atoms with Gasteiger partial charge in [0, 0.05) is 49.2 Å². The number of hydrogen-bond acceptors (Lipinski definition) is 4. The third kappa shape index (κ3) is 3.07. The van der Waals surface area contributed by atoms with Gasteiger partial charge in [-0.1, -0.05) is 0 Å². The highest BCUT2D eigenvalue weighted by Gasteiger charge is 2.37. The van der Waals surface area contributed by atoms with E-state index in [0.717, 1.165) is 48.4 Å². The van der Waals surface area contributed by atoms with Crippen molar-refractivity contribution in [2.24, 2.45) is 5.92 Å². The molecule has 1 amide bonds. The minimum atomic E-state index is -0.00314. The minimum Gasteiger partial charge on any atom is -0.493 e. The normalized spacial score (nSPS) is 21.7. The molecule has 2 bridgehead atoms. The molecule has 6 rings (SSSR count). The summed E-state index contributed by atoms with van der Waals surface area (Å²) in [6, 6.07) is 9.69. The number of H-pyrrole nitrogens is 1. The summed E-state index contributed by atoms with van der Waals surface area (Å²) >= 11 is 0. The van der Waals surface area contributed by atoms with E-state index in [-0.39, 0.29) is 23.3 Å². The molecule has 1 fully saturated rings. The van der Waals surface area contributed by atoms with Crippen LogP contribution in [0.2, 0.25) is 0 Å². The van der Waals surface area contributed by atoms with Gasteiger partial charge in [0.1, 0.15) is 11.6 Å². The molecular weight excluding hydrogens is 392 g/mol. The first-order chi connectivity index (χ1) is 15.2. The Hall–Kier alpha value is -3.35. The van der Waals surface area contributed by atoms with Crippen molar-refractivity contribution >= 4 is 5.91 Å². The summed E-state index contributed by atoms with van der Waals surface area (Å²) in [6.45, 7) is 2.71. The van der Waals surface area contributed by atoms with Crippen LogP contribution in [0.5, 0.6) is 5.75 Å². The summed E-state index contributed by atoms with van der Waals surface area (Å²) < 4.78 is 7.58. The fourth-order valence-electron chi connectivity index (χ4n) is 5.38. The molecule has 3 aliphatic rings. The molecule has 3 aromatic rings. The third-order valence-electron chi connectivity index (χ3n) is 6.80. The molecule has 1 N–H and O–H groups in total. The average molecular weight is 416 g/mol. The molecule has 31 heavy (non-hydrogen) atoms. The van der Waals surface area contributed by atoms with Crippen LogP contribution in [0.4, 0.5) is 0 Å². The van der Waals surface area contributed by atoms with Crippen molar-refractivity contribution in [1.82, 2.24) is 19.4 Å². The summed E-state index contributed by atoms with van der Waals surface area (Å²) in [7, 11) is 0. The van der Waals surface area contributed by atoms with Crippen molar-refractivity contribution < 1.29 is 9.53 Å². The van der Waals surface area contributed by atoms with Crippen molar-refractivity contribution in [2.45, 2.75) is 31.7 Å². The predicted molar refractivity (Wildman–Crippen MR) is 115 cm³/mol. The number of nitrogens with zero attached hydrogens (tertiary/aromatic N) is 3. The number of aromatic nitrogens is 3. The molecule has 2 atom stereocenters. The molecule has 0 saturated carbocycles. The van der Waals surface area contributed by atoms with Crippen molar-refractivity contribution in [1.29, 1.82) is 0 Å². The van der Waals surface area contributed by atoms with Gasteiger partial charge in [-0.05, 0) is 61.1 Å². The van der Waals surface area contributed by atoms with Gasteiger partial charge in [0.05, 0.1) is 12.2 Å². The van der Waals surface area contributed by atoms with Gasteiger partial charge in [0.2, 0.25) is 0 Å². The van der Waals surface area contributed by atoms with Gasteiger partial charge in [-0.3, -0.25) is 9.59 Å². The number of carbonyl (C=O) groups excluding carboxylic acids is 1. The lowest BCUT2D eigenvalue weighted by Crippen LogP contribution is -2.49. The Bertz CT molecular complexity index is 1210. The Kier molecular flexibility index (Phi) is 4.23. The molecule has 2 aromatic heterocycles. The number of benzene rings is 1. The fraction of sp³-hybridized carbons (Fsp3) is 0.375. The van der Waals surface area contributed by atoms with Crippen LogP contribution in [0.25, 0.3) is 11.4 Å². The van der Waals surface area contributed by atoms with Gasteiger partial charge in [0.15, 0.2) is 0 Å². The number of imidazole rings is 1. The zero-order valence-corrected chi connectivity index (χ0v) is 17.2. The molecule has 3 aliphatic heterocycles. The maximum Gasteiger partial charge on any atom is 0.261 e. The van der Waals surface area contributed by atoms with Crippen molar-refractivity contribution in [2.75, 3.05) is 19.7 Å². The first kappa shape index (κ1) is 18.4. The maximum atomic E-state index is 13.3. The monoisotopic (exact) mass is 416 g/mol. The number of carbonyl (C=O) groups is 1. The lowest BCUT2D eigenvalue weighted by atomic mass is 9.82. The molecule has 5 heterocycles. The lowest BCUT2D eigenvalue weighted by Gasteiger charge is -2.43. The molecule has 0 spiro atoms. The number of hydrogen-bond donors (Lipinski definition) is 1. The number of aryl methyl sites for hydroxylation is 1. The number of rotatable bonds is 2. The minimum absolute atomic E-state index is 0.00314. The Labute approximate surface area is 179 Å². The number of aromatic amines is 1. The van der Waals surface area contributed by atoms with Crippen molar-refractivity contribution in [3.05, 3.63) is 69.9 Å². The third-order valence-corrected chi connectivity index (χ3v) is 6.80. The molecule has 1 aromatic carbocycles. The number of likely N-dealkylation sites (tertiary alicyclic amines) is 1. The van der Waals surface area contributed by atoms with Crippen LogP contribution in [0, 0.1) is 5.92 Å². The summed E-state index contributed by atoms with van der Waals surface area (Å²) in [6.07, 6.45) is 6.34. The molecule has 1 saturated heterocycles. The first-order valence-electron chi connectivity index (χ1n) is 11.0. The Balaban J connectivity index is 1.28. The number of amides is 1. The number of nitrogens with one attached hydrogen (secondary N) is 1. The highest BCUT2D eigenvalue weighted by atomic mass is 16.5. The predicted octanol–water partition coefficient (Wildman–Crippen LogP) is 2.82. The van der Waals surface area contributed by atoms with Gasteiger partial charge in [-0.15, -0.1) is 0 Å². The second-order valence-electron chi connectivity index (χ2n) is 8.81. The van der Waals surface area contributed by atoms with Crippen LogP contribution >= 0.6 is 0 Å². The quantitative estimate of drug-likeness (QED) is 0.697. The molecular formula is C24H24N4O3. The molecule has 7 heteroatoms. The summed E-state index contributed by atoms with van der Waals surface area (Å²) in [5.41, 5.74) is 3.47. The Morgan fingerprint density at radius 2 is 2.10 bits per heavy atom. The van der Waals surface area contributed by atoms with Crippen LogP contribution in [0.3, 0.4) is 0 Å². The van der Waals surface area contributed by atoms with E-state index >= 15 is 0 Å². The second kappa shape index (κ2) is 7.11. The molecule has 7 nitrogen and oxygen atoms in total. The van der Waals surface area contributed by atoms with Crippen LogP contribution in [-0.4, -0.2) is 45.0 Å². The maximum absolute atomic E-state index is 13.3. The largest absolute Gasteiger partial charge is 0.493 e. The van der Waals surface area contributed by atoms with E-state index in [1.165, 1.54) is 0 Å². The van der Waals surface area contributed by atoms with E-state index in [1.54, 1.807) is 12.4 Å². The molecule has 0 radical (unpaired) electrons. The fourth-order valence-corrected chi connectivity index (χ4v) is 5.38. The van der Waals surface area contributed by atoms with E-state index < -0.39 is 0 Å². The standard InChI is InChI=1S/C24H24N4O3/c29-23(17-3-6-21-16(11-17)2-1-9-31-21)27-12-15-10-18(14-27)20-5-4-19(22-25-7-8-26-22)24(30)28(20)13-15/h3-8,11,15,18H,1-2,9-10,12-14H2,(H,25,26)/t15-,18+/m0/s1. The zero-order valence-electron chi connectivity index (χ0n) is 17.2. The van der Waals surface area contributed by atoms with Gasteiger partial charge < -0.3 is 19.2 Å². The van der Waals surface area contributed by atoms with E-state index in [1.807, 2.05) is 39.8 Å². The van der Waals surface area contributed by atoms with Crippen LogP contribution in [0.1, 0.15) is 40.4 Å². The summed E-state index contributed by atoms with van der Waals surface area (Å²) in [5.74, 6) is 2.03. The summed E-state index contributed by atoms with van der Waals surface area (Å²) in [4.78, 5) is 35.7. The molecule has 0 unspecified atom stereocenters. The second-order valence-corrected chi connectivity index (χ2v) is 8.81. The average Bonchev–Trinajstić information content (AvgIpc) is 3.33. The molecule has 158 valence electrons. The number of fused-ring (bicyclic) bond motifs is 5. The van der Waals surface area contributed by atoms with E-state index in [9.17, 15) is 9.59 Å². The SMILES string of the molecule is O=C(c1ccc2c(c1)CCCO2)N1C[C@@H]2C[C@H](C1)c1ccc(-c3ncc[nH]3)c(=O)n1C2. The van der Waals surface area contributed by atoms with Crippen LogP contribution in [-0.2, 0) is 13.0 Å². The van der Waals surface area contributed by atoms with Crippen molar-refractivity contribution in [3.8, 4) is 17.1 Å². The van der Waals surface area contributed by atoms with Gasteiger partial charge in [-0.25, -0.2) is 4.98 Å². The number of pyridine rings is 1. The smallest absolute Gasteiger partial charge is 0.261 e. The Morgan fingerprint density at radius 1 is 1.16 bits per heavy atom. The highest BCUT2D eigenvalue weighted by molar-refractivity contribution is 5.94. The van der Waals surface area contributed by atoms with Crippen molar-refractivity contribution in [3.63, 3.8) is 0 Å². The van der Waals surface area contributed by atoms with E-state index in [0.29, 0.717) is 31.0 Å². The number of ether oxygens (including phenoxy) is 1. The van der Waals surface area contributed by atoms with Gasteiger partial charge in [0.25, 0.3) is 11.5 Å². The zero-order chi connectivity index (χ0) is 20.9. The highest BCUT2D eigenvalue weighted by Crippen LogP contribution is 2.36. The molecule has 0 aliphatic carbocycles. The Morgan fingerprint density at radius 3 is 2.97 bits per heavy atom. The topological polar surface area (TPSA) is 80.2 Å².